The molecule has 0 spiro atoms. The number of aryl methyl sites for hydroxylation is 1. The molecular formula is C27H40N4O2. The Bertz CT molecular complexity index is 903. The molecule has 2 aromatic carbocycles. The van der Waals surface area contributed by atoms with Crippen molar-refractivity contribution in [3.8, 4) is 0 Å². The molecule has 2 amide bonds. The van der Waals surface area contributed by atoms with E-state index in [0.717, 1.165) is 37.2 Å². The van der Waals surface area contributed by atoms with Crippen molar-refractivity contribution in [2.45, 2.75) is 54.1 Å². The van der Waals surface area contributed by atoms with E-state index in [0.29, 0.717) is 12.5 Å². The molecule has 1 heterocycles. The molecule has 1 N–H and O–H groups in total. The van der Waals surface area contributed by atoms with Gasteiger partial charge in [0, 0.05) is 32.4 Å². The number of likely N-dealkylation sites (N-methyl/N-ethyl adjacent to an activating group) is 1. The number of para-hydroxylation sites is 1. The highest BCUT2D eigenvalue weighted by Gasteiger charge is 2.26. The summed E-state index contributed by atoms with van der Waals surface area (Å²) in [7, 11) is 1.82. The number of benzene rings is 2. The molecule has 180 valence electrons. The van der Waals surface area contributed by atoms with Crippen molar-refractivity contribution in [1.82, 2.24) is 15.3 Å². The van der Waals surface area contributed by atoms with Crippen LogP contribution in [0, 0.1) is 12.8 Å². The molecule has 6 heteroatoms. The van der Waals surface area contributed by atoms with Gasteiger partial charge in [0.1, 0.15) is 0 Å². The molecule has 2 aromatic rings. The fourth-order valence-corrected chi connectivity index (χ4v) is 4.06. The van der Waals surface area contributed by atoms with Crippen LogP contribution in [0.1, 0.15) is 50.8 Å². The van der Waals surface area contributed by atoms with Crippen molar-refractivity contribution in [3.63, 3.8) is 0 Å². The summed E-state index contributed by atoms with van der Waals surface area (Å²) in [5.74, 6) is 0.537. The van der Waals surface area contributed by atoms with Crippen molar-refractivity contribution in [2.75, 3.05) is 31.6 Å². The summed E-state index contributed by atoms with van der Waals surface area (Å²) in [5.41, 5.74) is 4.47. The second-order valence-corrected chi connectivity index (χ2v) is 9.04. The third-order valence-electron chi connectivity index (χ3n) is 6.01. The Labute approximate surface area is 199 Å². The minimum absolute atomic E-state index is 0. The Balaban J connectivity index is 0.00000385. The Morgan fingerprint density at radius 1 is 1.00 bits per heavy atom. The molecule has 0 bridgehead atoms. The van der Waals surface area contributed by atoms with Gasteiger partial charge in [-0.3, -0.25) is 14.6 Å². The van der Waals surface area contributed by atoms with Crippen LogP contribution in [0.25, 0.3) is 0 Å². The highest BCUT2D eigenvalue weighted by atomic mass is 16.2. The third-order valence-corrected chi connectivity index (χ3v) is 6.01. The molecule has 3 rings (SSSR count). The second-order valence-electron chi connectivity index (χ2n) is 9.04. The number of carbonyl (C=O) groups is 2. The summed E-state index contributed by atoms with van der Waals surface area (Å²) in [4.78, 5) is 27.7. The number of carbonyl (C=O) groups excluding carboxylic acids is 2. The van der Waals surface area contributed by atoms with Gasteiger partial charge in [-0.1, -0.05) is 63.7 Å². The average molecular weight is 453 g/mol. The maximum Gasteiger partial charge on any atom is 0.256 e. The van der Waals surface area contributed by atoms with Crippen LogP contribution in [0.15, 0.2) is 48.5 Å². The second kappa shape index (κ2) is 12.4. The quantitative estimate of drug-likeness (QED) is 0.544. The van der Waals surface area contributed by atoms with E-state index in [2.05, 4.69) is 36.3 Å². The number of hydrogen-bond donors (Lipinski definition) is 1. The van der Waals surface area contributed by atoms with E-state index in [1.54, 1.807) is 5.01 Å². The van der Waals surface area contributed by atoms with E-state index in [1.165, 1.54) is 11.1 Å². The molecular weight excluding hydrogens is 412 g/mol. The van der Waals surface area contributed by atoms with E-state index in [9.17, 15) is 9.59 Å². The maximum atomic E-state index is 13.2. The van der Waals surface area contributed by atoms with Crippen LogP contribution in [0.4, 0.5) is 5.69 Å². The molecule has 0 fully saturated rings. The highest BCUT2D eigenvalue weighted by Crippen LogP contribution is 2.24. The monoisotopic (exact) mass is 452 g/mol. The van der Waals surface area contributed by atoms with Gasteiger partial charge in [0.05, 0.1) is 13.1 Å². The molecule has 33 heavy (non-hydrogen) atoms. The zero-order valence-electron chi connectivity index (χ0n) is 19.8. The third kappa shape index (κ3) is 7.32. The van der Waals surface area contributed by atoms with Gasteiger partial charge < -0.3 is 10.2 Å². The molecule has 1 aliphatic rings. The first-order chi connectivity index (χ1) is 15.3. The number of hydrazine groups is 1. The number of amides is 2. The zero-order chi connectivity index (χ0) is 23.1. The maximum absolute atomic E-state index is 13.2. The van der Waals surface area contributed by atoms with Crippen molar-refractivity contribution >= 4 is 17.5 Å². The summed E-state index contributed by atoms with van der Waals surface area (Å²) in [6.45, 7) is 8.79. The first-order valence-electron chi connectivity index (χ1n) is 11.5. The summed E-state index contributed by atoms with van der Waals surface area (Å²) in [6, 6.07) is 16.2. The van der Waals surface area contributed by atoms with E-state index in [1.807, 2.05) is 55.3 Å². The molecule has 0 aromatic heterocycles. The van der Waals surface area contributed by atoms with Gasteiger partial charge in [0.15, 0.2) is 0 Å². The molecule has 1 aliphatic heterocycles. The Kier molecular flexibility index (Phi) is 9.92. The van der Waals surface area contributed by atoms with E-state index in [-0.39, 0.29) is 32.3 Å². The highest BCUT2D eigenvalue weighted by molar-refractivity contribution is 5.86. The number of hydrogen-bond acceptors (Lipinski definition) is 4. The fraction of sp³-hybridized carbons (Fsp3) is 0.481. The molecule has 0 atom stereocenters. The van der Waals surface area contributed by atoms with Crippen LogP contribution in [0.3, 0.4) is 0 Å². The van der Waals surface area contributed by atoms with Crippen molar-refractivity contribution < 1.29 is 9.59 Å². The Morgan fingerprint density at radius 3 is 2.21 bits per heavy atom. The number of fused-ring (bicyclic) bond motifs is 1. The minimum atomic E-state index is -0.0546. The van der Waals surface area contributed by atoms with Gasteiger partial charge in [-0.05, 0) is 48.4 Å². The molecule has 0 saturated carbocycles. The first kappa shape index (κ1) is 26.4. The van der Waals surface area contributed by atoms with Crippen molar-refractivity contribution in [1.29, 1.82) is 0 Å². The standard InChI is InChI=1S/C26H36N4O2.CH4/c1-20(2)10-9-15-27-25(31)18-29(24-14-8-5-11-21(24)3)19-26(32)28(4)30-16-22-12-6-7-13-23(22)17-30;/h5-8,11-14,20H,9-10,15-19H2,1-4H3,(H,27,31);1H4. The SMILES string of the molecule is C.Cc1ccccc1N(CC(=O)NCCCC(C)C)CC(=O)N(C)N1Cc2ccccc2C1. The van der Waals surface area contributed by atoms with Crippen LogP contribution in [0.2, 0.25) is 0 Å². The minimum Gasteiger partial charge on any atom is -0.355 e. The fourth-order valence-electron chi connectivity index (χ4n) is 4.06. The van der Waals surface area contributed by atoms with Gasteiger partial charge >= 0.3 is 0 Å². The smallest absolute Gasteiger partial charge is 0.256 e. The molecule has 0 radical (unpaired) electrons. The predicted octanol–water partition coefficient (Wildman–Crippen LogP) is 4.38. The number of nitrogens with one attached hydrogen (secondary N) is 1. The first-order valence-corrected chi connectivity index (χ1v) is 11.5. The number of nitrogens with zero attached hydrogens (tertiary/aromatic N) is 3. The van der Waals surface area contributed by atoms with E-state index < -0.39 is 0 Å². The van der Waals surface area contributed by atoms with Gasteiger partial charge in [-0.25, -0.2) is 5.01 Å². The van der Waals surface area contributed by atoms with Crippen LogP contribution in [0.5, 0.6) is 0 Å². The van der Waals surface area contributed by atoms with Crippen LogP contribution in [-0.2, 0) is 22.7 Å². The Hall–Kier alpha value is -2.86. The lowest BCUT2D eigenvalue weighted by Gasteiger charge is -2.31. The lowest BCUT2D eigenvalue weighted by atomic mass is 10.1. The lowest BCUT2D eigenvalue weighted by Crippen LogP contribution is -2.48. The Morgan fingerprint density at radius 2 is 1.61 bits per heavy atom. The van der Waals surface area contributed by atoms with Crippen molar-refractivity contribution in [2.24, 2.45) is 5.92 Å². The predicted molar refractivity (Wildman–Crippen MR) is 136 cm³/mol. The molecule has 0 saturated heterocycles. The molecule has 0 aliphatic carbocycles. The van der Waals surface area contributed by atoms with Crippen LogP contribution < -0.4 is 10.2 Å². The summed E-state index contributed by atoms with van der Waals surface area (Å²) >= 11 is 0. The zero-order valence-corrected chi connectivity index (χ0v) is 19.8. The van der Waals surface area contributed by atoms with Crippen molar-refractivity contribution in [3.05, 3.63) is 65.2 Å². The van der Waals surface area contributed by atoms with Gasteiger partial charge in [-0.15, -0.1) is 0 Å². The topological polar surface area (TPSA) is 55.9 Å². The summed E-state index contributed by atoms with van der Waals surface area (Å²) in [5, 5.41) is 6.76. The lowest BCUT2D eigenvalue weighted by molar-refractivity contribution is -0.145. The largest absolute Gasteiger partial charge is 0.355 e. The van der Waals surface area contributed by atoms with Gasteiger partial charge in [-0.2, -0.15) is 0 Å². The van der Waals surface area contributed by atoms with Crippen LogP contribution in [-0.4, -0.2) is 48.5 Å². The van der Waals surface area contributed by atoms with E-state index >= 15 is 0 Å². The molecule has 0 unspecified atom stereocenters. The number of rotatable bonds is 10. The average Bonchev–Trinajstić information content (AvgIpc) is 3.20. The van der Waals surface area contributed by atoms with Gasteiger partial charge in [0.25, 0.3) is 5.91 Å². The molecule has 6 nitrogen and oxygen atoms in total. The van der Waals surface area contributed by atoms with E-state index in [4.69, 9.17) is 0 Å². The summed E-state index contributed by atoms with van der Waals surface area (Å²) < 4.78 is 0. The van der Waals surface area contributed by atoms with Gasteiger partial charge in [0.2, 0.25) is 5.91 Å². The van der Waals surface area contributed by atoms with Crippen LogP contribution >= 0.6 is 0 Å². The normalized spacial score (nSPS) is 12.8. The summed E-state index contributed by atoms with van der Waals surface area (Å²) in [6.07, 6.45) is 2.05. The number of anilines is 1.